The summed E-state index contributed by atoms with van der Waals surface area (Å²) in [6.45, 7) is 0.589. The summed E-state index contributed by atoms with van der Waals surface area (Å²) in [6, 6.07) is 0. The Bertz CT molecular complexity index is 501. The second-order valence-corrected chi connectivity index (χ2v) is 3.44. The molecular weight excluding hydrogens is 210 g/mol. The van der Waals surface area contributed by atoms with Crippen molar-refractivity contribution >= 4 is 5.97 Å². The van der Waals surface area contributed by atoms with Gasteiger partial charge in [-0.05, 0) is 12.0 Å². The van der Waals surface area contributed by atoms with Crippen molar-refractivity contribution in [3.8, 4) is 0 Å². The average molecular weight is 221 g/mol. The molecule has 7 heteroatoms. The number of carboxylic acids is 1. The van der Waals surface area contributed by atoms with Crippen molar-refractivity contribution in [3.05, 3.63) is 29.8 Å². The van der Waals surface area contributed by atoms with Crippen LogP contribution in [-0.4, -0.2) is 35.9 Å². The molecule has 0 radical (unpaired) electrons. The van der Waals surface area contributed by atoms with Gasteiger partial charge in [-0.1, -0.05) is 5.21 Å². The minimum Gasteiger partial charge on any atom is -0.476 e. The largest absolute Gasteiger partial charge is 0.476 e. The summed E-state index contributed by atoms with van der Waals surface area (Å²) in [4.78, 5) is 10.6. The quantitative estimate of drug-likeness (QED) is 0.782. The van der Waals surface area contributed by atoms with Crippen molar-refractivity contribution in [2.24, 2.45) is 7.05 Å². The van der Waals surface area contributed by atoms with E-state index < -0.39 is 5.97 Å². The minimum absolute atomic E-state index is 0.0359. The van der Waals surface area contributed by atoms with Gasteiger partial charge < -0.3 is 5.11 Å². The molecule has 84 valence electrons. The highest BCUT2D eigenvalue weighted by atomic mass is 16.4. The Morgan fingerprint density at radius 1 is 1.50 bits per heavy atom. The van der Waals surface area contributed by atoms with Gasteiger partial charge in [-0.25, -0.2) is 4.79 Å². The maximum absolute atomic E-state index is 10.6. The highest BCUT2D eigenvalue weighted by molar-refractivity contribution is 5.84. The molecule has 0 aliphatic carbocycles. The van der Waals surface area contributed by atoms with Gasteiger partial charge in [0.25, 0.3) is 0 Å². The fourth-order valence-electron chi connectivity index (χ4n) is 1.35. The third-order valence-corrected chi connectivity index (χ3v) is 2.15. The van der Waals surface area contributed by atoms with Crippen LogP contribution in [0.25, 0.3) is 0 Å². The van der Waals surface area contributed by atoms with Crippen LogP contribution in [0.4, 0.5) is 0 Å². The van der Waals surface area contributed by atoms with Gasteiger partial charge in [0.05, 0.1) is 12.4 Å². The molecule has 0 saturated carbocycles. The van der Waals surface area contributed by atoms with Crippen molar-refractivity contribution < 1.29 is 9.90 Å². The second-order valence-electron chi connectivity index (χ2n) is 3.44. The fourth-order valence-corrected chi connectivity index (χ4v) is 1.35. The van der Waals surface area contributed by atoms with Gasteiger partial charge in [-0.2, -0.15) is 5.10 Å². The van der Waals surface area contributed by atoms with E-state index in [0.717, 1.165) is 12.0 Å². The number of rotatable bonds is 4. The predicted molar refractivity (Wildman–Crippen MR) is 53.9 cm³/mol. The molecule has 16 heavy (non-hydrogen) atoms. The molecule has 1 N–H and O–H groups in total. The summed E-state index contributed by atoms with van der Waals surface area (Å²) >= 11 is 0. The van der Waals surface area contributed by atoms with Crippen molar-refractivity contribution in [1.29, 1.82) is 0 Å². The number of hydrogen-bond acceptors (Lipinski definition) is 4. The van der Waals surface area contributed by atoms with E-state index in [2.05, 4.69) is 15.4 Å². The van der Waals surface area contributed by atoms with Crippen LogP contribution >= 0.6 is 0 Å². The van der Waals surface area contributed by atoms with E-state index in [1.54, 1.807) is 10.9 Å². The Morgan fingerprint density at radius 3 is 2.88 bits per heavy atom. The molecule has 0 spiro atoms. The number of aryl methyl sites for hydroxylation is 3. The lowest BCUT2D eigenvalue weighted by molar-refractivity contribution is 0.0690. The van der Waals surface area contributed by atoms with Gasteiger partial charge in [-0.3, -0.25) is 9.36 Å². The molecule has 0 aliphatic rings. The van der Waals surface area contributed by atoms with Crippen LogP contribution in [0.5, 0.6) is 0 Å². The predicted octanol–water partition coefficient (Wildman–Crippen LogP) is -0.0475. The van der Waals surface area contributed by atoms with E-state index in [4.69, 9.17) is 5.11 Å². The highest BCUT2D eigenvalue weighted by Crippen LogP contribution is 2.00. The van der Waals surface area contributed by atoms with Crippen LogP contribution < -0.4 is 0 Å². The van der Waals surface area contributed by atoms with Crippen molar-refractivity contribution in [1.82, 2.24) is 24.8 Å². The molecule has 0 atom stereocenters. The molecule has 0 unspecified atom stereocenters. The summed E-state index contributed by atoms with van der Waals surface area (Å²) in [5.41, 5.74) is 1.04. The summed E-state index contributed by atoms with van der Waals surface area (Å²) in [5, 5.41) is 19.9. The maximum Gasteiger partial charge on any atom is 0.358 e. The van der Waals surface area contributed by atoms with E-state index in [1.165, 1.54) is 10.9 Å². The van der Waals surface area contributed by atoms with Crippen LogP contribution in [0, 0.1) is 0 Å². The Morgan fingerprint density at radius 2 is 2.31 bits per heavy atom. The summed E-state index contributed by atoms with van der Waals surface area (Å²) in [5.74, 6) is -1.06. The average Bonchev–Trinajstić information content (AvgIpc) is 2.83. The smallest absolute Gasteiger partial charge is 0.358 e. The van der Waals surface area contributed by atoms with Crippen molar-refractivity contribution in [2.45, 2.75) is 13.0 Å². The molecule has 2 aromatic rings. The zero-order chi connectivity index (χ0) is 11.5. The molecule has 0 aliphatic heterocycles. The summed E-state index contributed by atoms with van der Waals surface area (Å²) in [6.07, 6.45) is 5.85. The molecule has 0 saturated heterocycles. The first-order valence-electron chi connectivity index (χ1n) is 4.76. The van der Waals surface area contributed by atoms with Gasteiger partial charge in [0, 0.05) is 19.8 Å². The zero-order valence-electron chi connectivity index (χ0n) is 8.74. The van der Waals surface area contributed by atoms with Crippen LogP contribution in [0.15, 0.2) is 18.6 Å². The Hall–Kier alpha value is -2.18. The van der Waals surface area contributed by atoms with E-state index >= 15 is 0 Å². The lowest BCUT2D eigenvalue weighted by Crippen LogP contribution is -2.01. The first-order chi connectivity index (χ1) is 7.65. The topological polar surface area (TPSA) is 85.8 Å². The van der Waals surface area contributed by atoms with Gasteiger partial charge in [0.2, 0.25) is 0 Å². The molecule has 0 aromatic carbocycles. The number of aromatic carboxylic acids is 1. The molecule has 0 bridgehead atoms. The van der Waals surface area contributed by atoms with Crippen LogP contribution in [-0.2, 0) is 20.0 Å². The van der Waals surface area contributed by atoms with Crippen LogP contribution in [0.3, 0.4) is 0 Å². The van der Waals surface area contributed by atoms with Crippen molar-refractivity contribution in [3.63, 3.8) is 0 Å². The number of aromatic nitrogens is 5. The Balaban J connectivity index is 1.97. The molecule has 2 rings (SSSR count). The minimum atomic E-state index is -1.06. The summed E-state index contributed by atoms with van der Waals surface area (Å²) in [7, 11) is 1.85. The normalized spacial score (nSPS) is 10.6. The van der Waals surface area contributed by atoms with Crippen LogP contribution in [0.2, 0.25) is 0 Å². The molecule has 2 heterocycles. The lowest BCUT2D eigenvalue weighted by atomic mass is 10.2. The van der Waals surface area contributed by atoms with Gasteiger partial charge in [0.15, 0.2) is 5.69 Å². The van der Waals surface area contributed by atoms with E-state index in [1.807, 2.05) is 13.2 Å². The summed E-state index contributed by atoms with van der Waals surface area (Å²) < 4.78 is 3.23. The zero-order valence-corrected chi connectivity index (χ0v) is 8.74. The number of hydrogen-bond donors (Lipinski definition) is 1. The van der Waals surface area contributed by atoms with Gasteiger partial charge in [0.1, 0.15) is 0 Å². The molecule has 0 fully saturated rings. The van der Waals surface area contributed by atoms with Crippen molar-refractivity contribution in [2.75, 3.05) is 0 Å². The third-order valence-electron chi connectivity index (χ3n) is 2.15. The van der Waals surface area contributed by atoms with E-state index in [9.17, 15) is 4.79 Å². The Kier molecular flexibility index (Phi) is 2.67. The van der Waals surface area contributed by atoms with Gasteiger partial charge >= 0.3 is 5.97 Å². The number of carboxylic acid groups (broad SMARTS) is 1. The van der Waals surface area contributed by atoms with Gasteiger partial charge in [-0.15, -0.1) is 5.10 Å². The number of nitrogens with zero attached hydrogens (tertiary/aromatic N) is 5. The second kappa shape index (κ2) is 4.13. The molecule has 7 nitrogen and oxygen atoms in total. The first kappa shape index (κ1) is 10.3. The van der Waals surface area contributed by atoms with E-state index in [-0.39, 0.29) is 5.69 Å². The maximum atomic E-state index is 10.6. The molecular formula is C9H11N5O2. The van der Waals surface area contributed by atoms with E-state index in [0.29, 0.717) is 6.54 Å². The highest BCUT2D eigenvalue weighted by Gasteiger charge is 2.07. The molecule has 2 aromatic heterocycles. The fraction of sp³-hybridized carbons (Fsp3) is 0.333. The third kappa shape index (κ3) is 2.25. The van der Waals surface area contributed by atoms with Crippen LogP contribution in [0.1, 0.15) is 16.1 Å². The standard InChI is InChI=1S/C9H11N5O2/c1-13-5-7(4-10-13)2-3-14-6-8(9(15)16)11-12-14/h4-6H,2-3H2,1H3,(H,15,16). The Labute approximate surface area is 91.3 Å². The monoisotopic (exact) mass is 221 g/mol. The molecule has 0 amide bonds. The SMILES string of the molecule is Cn1cc(CCn2cc(C(=O)O)nn2)cn1. The lowest BCUT2D eigenvalue weighted by Gasteiger charge is -1.96. The first-order valence-corrected chi connectivity index (χ1v) is 4.76. The number of carbonyl (C=O) groups is 1.